The van der Waals surface area contributed by atoms with Crippen molar-refractivity contribution in [2.75, 3.05) is 25.1 Å². The van der Waals surface area contributed by atoms with Crippen molar-refractivity contribution in [3.05, 3.63) is 34.3 Å². The predicted molar refractivity (Wildman–Crippen MR) is 76.6 cm³/mol. The SMILES string of the molecule is CN1CCSCC1C(=O)Cc1ccc(Br)cc1. The molecule has 92 valence electrons. The Kier molecular flexibility index (Phi) is 4.65. The van der Waals surface area contributed by atoms with Gasteiger partial charge >= 0.3 is 0 Å². The Morgan fingerprint density at radius 3 is 2.82 bits per heavy atom. The summed E-state index contributed by atoms with van der Waals surface area (Å²) in [5.41, 5.74) is 1.10. The lowest BCUT2D eigenvalue weighted by atomic mass is 10.0. The number of nitrogens with zero attached hydrogens (tertiary/aromatic N) is 1. The Bertz CT molecular complexity index is 393. The number of hydrogen-bond donors (Lipinski definition) is 0. The van der Waals surface area contributed by atoms with E-state index in [9.17, 15) is 4.79 Å². The number of likely N-dealkylation sites (N-methyl/N-ethyl adjacent to an activating group) is 1. The predicted octanol–water partition coefficient (Wildman–Crippen LogP) is 2.61. The maximum atomic E-state index is 12.2. The van der Waals surface area contributed by atoms with Crippen LogP contribution in [0, 0.1) is 0 Å². The van der Waals surface area contributed by atoms with Gasteiger partial charge in [-0.25, -0.2) is 0 Å². The van der Waals surface area contributed by atoms with Gasteiger partial charge in [-0.3, -0.25) is 9.69 Å². The fourth-order valence-corrected chi connectivity index (χ4v) is 3.46. The zero-order valence-electron chi connectivity index (χ0n) is 9.86. The summed E-state index contributed by atoms with van der Waals surface area (Å²) in [5.74, 6) is 2.41. The van der Waals surface area contributed by atoms with E-state index in [4.69, 9.17) is 0 Å². The molecule has 4 heteroatoms. The number of hydrogen-bond acceptors (Lipinski definition) is 3. The van der Waals surface area contributed by atoms with Crippen molar-refractivity contribution < 1.29 is 4.79 Å². The molecule has 0 aromatic heterocycles. The molecule has 1 unspecified atom stereocenters. The van der Waals surface area contributed by atoms with E-state index < -0.39 is 0 Å². The highest BCUT2D eigenvalue weighted by atomic mass is 79.9. The van der Waals surface area contributed by atoms with Crippen LogP contribution in [0.3, 0.4) is 0 Å². The summed E-state index contributed by atoms with van der Waals surface area (Å²) in [6, 6.07) is 8.09. The number of halogens is 1. The average Bonchev–Trinajstić information content (AvgIpc) is 2.32. The van der Waals surface area contributed by atoms with Gasteiger partial charge in [0, 0.05) is 28.9 Å². The summed E-state index contributed by atoms with van der Waals surface area (Å²) >= 11 is 5.28. The molecule has 1 atom stereocenters. The maximum absolute atomic E-state index is 12.2. The average molecular weight is 314 g/mol. The van der Waals surface area contributed by atoms with Crippen LogP contribution in [0.5, 0.6) is 0 Å². The lowest BCUT2D eigenvalue weighted by molar-refractivity contribution is -0.122. The third-order valence-corrected chi connectivity index (χ3v) is 4.61. The number of carbonyl (C=O) groups excluding carboxylic acids is 1. The van der Waals surface area contributed by atoms with Gasteiger partial charge < -0.3 is 0 Å². The van der Waals surface area contributed by atoms with Gasteiger partial charge in [0.2, 0.25) is 0 Å². The molecule has 1 aliphatic rings. The van der Waals surface area contributed by atoms with Gasteiger partial charge in [0.25, 0.3) is 0 Å². The minimum Gasteiger partial charge on any atom is -0.298 e. The van der Waals surface area contributed by atoms with E-state index in [1.54, 1.807) is 0 Å². The Morgan fingerprint density at radius 1 is 1.47 bits per heavy atom. The second-order valence-corrected chi connectivity index (χ2v) is 6.41. The van der Waals surface area contributed by atoms with Crippen LogP contribution < -0.4 is 0 Å². The van der Waals surface area contributed by atoms with Crippen LogP contribution in [0.25, 0.3) is 0 Å². The van der Waals surface area contributed by atoms with Crippen LogP contribution in [-0.4, -0.2) is 41.8 Å². The molecule has 2 nitrogen and oxygen atoms in total. The van der Waals surface area contributed by atoms with E-state index in [2.05, 4.69) is 20.8 Å². The third kappa shape index (κ3) is 3.57. The third-order valence-electron chi connectivity index (χ3n) is 3.06. The number of ketones is 1. The van der Waals surface area contributed by atoms with Crippen LogP contribution in [0.1, 0.15) is 5.56 Å². The molecule has 2 rings (SSSR count). The molecule has 1 fully saturated rings. The molecule has 1 heterocycles. The molecule has 1 aliphatic heterocycles. The van der Waals surface area contributed by atoms with Crippen LogP contribution in [-0.2, 0) is 11.2 Å². The van der Waals surface area contributed by atoms with Crippen molar-refractivity contribution in [1.29, 1.82) is 0 Å². The molecule has 0 bridgehead atoms. The summed E-state index contributed by atoms with van der Waals surface area (Å²) in [4.78, 5) is 14.4. The zero-order valence-corrected chi connectivity index (χ0v) is 12.3. The van der Waals surface area contributed by atoms with Gasteiger partial charge in [0.1, 0.15) is 0 Å². The number of rotatable bonds is 3. The first-order valence-electron chi connectivity index (χ1n) is 5.72. The standard InChI is InChI=1S/C13H16BrNOS/c1-15-6-7-17-9-12(15)13(16)8-10-2-4-11(14)5-3-10/h2-5,12H,6-9H2,1H3. The van der Waals surface area contributed by atoms with Gasteiger partial charge in [0.05, 0.1) is 6.04 Å². The minimum atomic E-state index is 0.0948. The largest absolute Gasteiger partial charge is 0.298 e. The smallest absolute Gasteiger partial charge is 0.155 e. The second-order valence-electron chi connectivity index (χ2n) is 4.34. The molecule has 1 aromatic carbocycles. The van der Waals surface area contributed by atoms with Crippen molar-refractivity contribution in [3.8, 4) is 0 Å². The molecule has 0 aliphatic carbocycles. The fourth-order valence-electron chi connectivity index (χ4n) is 1.95. The van der Waals surface area contributed by atoms with Gasteiger partial charge in [-0.05, 0) is 24.7 Å². The Morgan fingerprint density at radius 2 is 2.18 bits per heavy atom. The van der Waals surface area contributed by atoms with Crippen molar-refractivity contribution in [3.63, 3.8) is 0 Å². The molecule has 1 aromatic rings. The summed E-state index contributed by atoms with van der Waals surface area (Å²) < 4.78 is 1.05. The molecule has 1 saturated heterocycles. The first-order chi connectivity index (χ1) is 8.16. The Hall–Kier alpha value is -0.320. The maximum Gasteiger partial charge on any atom is 0.155 e. The number of Topliss-reactive ketones (excluding diaryl/α,β-unsaturated/α-hetero) is 1. The van der Waals surface area contributed by atoms with Crippen molar-refractivity contribution in [2.24, 2.45) is 0 Å². The fraction of sp³-hybridized carbons (Fsp3) is 0.462. The minimum absolute atomic E-state index is 0.0948. The number of thioether (sulfide) groups is 1. The highest BCUT2D eigenvalue weighted by Crippen LogP contribution is 2.18. The van der Waals surface area contributed by atoms with Gasteiger partial charge in [-0.15, -0.1) is 0 Å². The topological polar surface area (TPSA) is 20.3 Å². The van der Waals surface area contributed by atoms with Gasteiger partial charge in [-0.2, -0.15) is 11.8 Å². The highest BCUT2D eigenvalue weighted by molar-refractivity contribution is 9.10. The lowest BCUT2D eigenvalue weighted by Gasteiger charge is -2.30. The Balaban J connectivity index is 1.98. The molecule has 0 amide bonds. The lowest BCUT2D eigenvalue weighted by Crippen LogP contribution is -2.45. The van der Waals surface area contributed by atoms with Crippen molar-refractivity contribution in [2.45, 2.75) is 12.5 Å². The molecule has 17 heavy (non-hydrogen) atoms. The molecule has 0 radical (unpaired) electrons. The molecular weight excluding hydrogens is 298 g/mol. The summed E-state index contributed by atoms with van der Waals surface area (Å²) in [6.07, 6.45) is 0.544. The first-order valence-corrected chi connectivity index (χ1v) is 7.67. The summed E-state index contributed by atoms with van der Waals surface area (Å²) in [5, 5.41) is 0. The number of benzene rings is 1. The van der Waals surface area contributed by atoms with Crippen LogP contribution in [0.4, 0.5) is 0 Å². The molecule has 0 spiro atoms. The monoisotopic (exact) mass is 313 g/mol. The number of carbonyl (C=O) groups is 1. The highest BCUT2D eigenvalue weighted by Gasteiger charge is 2.25. The van der Waals surface area contributed by atoms with Crippen LogP contribution >= 0.6 is 27.7 Å². The van der Waals surface area contributed by atoms with Crippen LogP contribution in [0.2, 0.25) is 0 Å². The van der Waals surface area contributed by atoms with Gasteiger partial charge in [0.15, 0.2) is 5.78 Å². The normalized spacial score (nSPS) is 21.4. The second kappa shape index (κ2) is 6.03. The van der Waals surface area contributed by atoms with E-state index in [0.717, 1.165) is 28.1 Å². The summed E-state index contributed by atoms with van der Waals surface area (Å²) in [7, 11) is 2.05. The van der Waals surface area contributed by atoms with Crippen LogP contribution in [0.15, 0.2) is 28.7 Å². The van der Waals surface area contributed by atoms with E-state index in [-0.39, 0.29) is 6.04 Å². The van der Waals surface area contributed by atoms with E-state index in [0.29, 0.717) is 12.2 Å². The van der Waals surface area contributed by atoms with E-state index in [1.165, 1.54) is 0 Å². The van der Waals surface area contributed by atoms with Gasteiger partial charge in [-0.1, -0.05) is 28.1 Å². The quantitative estimate of drug-likeness (QED) is 0.855. The van der Waals surface area contributed by atoms with E-state index in [1.807, 2.05) is 43.1 Å². The molecule has 0 N–H and O–H groups in total. The first kappa shape index (κ1) is 13.1. The zero-order chi connectivity index (χ0) is 12.3. The van der Waals surface area contributed by atoms with Crippen molar-refractivity contribution in [1.82, 2.24) is 4.90 Å². The summed E-state index contributed by atoms with van der Waals surface area (Å²) in [6.45, 7) is 1.02. The van der Waals surface area contributed by atoms with Crippen molar-refractivity contribution >= 4 is 33.5 Å². The molecule has 0 saturated carbocycles. The molecular formula is C13H16BrNOS. The van der Waals surface area contributed by atoms with E-state index >= 15 is 0 Å². The Labute approximate surface area is 115 Å².